The Kier molecular flexibility index (Phi) is 3.26. The summed E-state index contributed by atoms with van der Waals surface area (Å²) in [6, 6.07) is 16.2. The van der Waals surface area contributed by atoms with Crippen LogP contribution in [0.25, 0.3) is 0 Å². The van der Waals surface area contributed by atoms with E-state index in [-0.39, 0.29) is 5.92 Å². The molecular formula is C17H18O2. The number of hydrogen-bond donors (Lipinski definition) is 1. The van der Waals surface area contributed by atoms with Crippen molar-refractivity contribution in [1.82, 2.24) is 0 Å². The average molecular weight is 254 g/mol. The van der Waals surface area contributed by atoms with Crippen molar-refractivity contribution < 1.29 is 9.84 Å². The maximum atomic E-state index is 10.6. The van der Waals surface area contributed by atoms with E-state index in [1.165, 1.54) is 11.1 Å². The Bertz CT molecular complexity index is 560. The summed E-state index contributed by atoms with van der Waals surface area (Å²) in [5.41, 5.74) is 3.54. The fraction of sp³-hybridized carbons (Fsp3) is 0.294. The van der Waals surface area contributed by atoms with E-state index in [1.54, 1.807) is 7.11 Å². The smallest absolute Gasteiger partial charge is 0.118 e. The molecule has 0 saturated carbocycles. The molecule has 2 heteroatoms. The molecule has 0 spiro atoms. The number of methoxy groups -OCH3 is 1. The molecule has 0 saturated heterocycles. The van der Waals surface area contributed by atoms with Crippen LogP contribution in [0.2, 0.25) is 0 Å². The summed E-state index contributed by atoms with van der Waals surface area (Å²) in [5, 5.41) is 10.6. The van der Waals surface area contributed by atoms with E-state index < -0.39 is 6.10 Å². The number of aliphatic hydroxyl groups excluding tert-OH is 1. The Morgan fingerprint density at radius 1 is 1.05 bits per heavy atom. The van der Waals surface area contributed by atoms with E-state index in [1.807, 2.05) is 30.3 Å². The molecule has 1 N–H and O–H groups in total. The second-order valence-electron chi connectivity index (χ2n) is 5.06. The second kappa shape index (κ2) is 5.06. The van der Waals surface area contributed by atoms with Crippen LogP contribution in [-0.4, -0.2) is 12.2 Å². The molecule has 0 amide bonds. The first-order valence-corrected chi connectivity index (χ1v) is 6.69. The largest absolute Gasteiger partial charge is 0.497 e. The molecular weight excluding hydrogens is 236 g/mol. The maximum Gasteiger partial charge on any atom is 0.118 e. The van der Waals surface area contributed by atoms with Crippen molar-refractivity contribution in [2.24, 2.45) is 0 Å². The van der Waals surface area contributed by atoms with Crippen LogP contribution in [0, 0.1) is 0 Å². The molecule has 1 aliphatic carbocycles. The van der Waals surface area contributed by atoms with Gasteiger partial charge in [0.05, 0.1) is 13.2 Å². The number of aliphatic hydroxyl groups is 1. The molecule has 0 bridgehead atoms. The van der Waals surface area contributed by atoms with Crippen LogP contribution in [0.15, 0.2) is 48.5 Å². The first-order chi connectivity index (χ1) is 9.29. The monoisotopic (exact) mass is 254 g/mol. The molecule has 0 heterocycles. The number of benzene rings is 2. The van der Waals surface area contributed by atoms with Crippen LogP contribution in [0.1, 0.15) is 35.1 Å². The first kappa shape index (κ1) is 12.2. The summed E-state index contributed by atoms with van der Waals surface area (Å²) in [7, 11) is 1.67. The molecule has 0 aliphatic heterocycles. The minimum atomic E-state index is -0.404. The molecule has 3 rings (SSSR count). The lowest BCUT2D eigenvalue weighted by molar-refractivity contribution is 0.131. The maximum absolute atomic E-state index is 10.6. The molecule has 0 unspecified atom stereocenters. The molecule has 2 atom stereocenters. The molecule has 2 aromatic carbocycles. The summed E-state index contributed by atoms with van der Waals surface area (Å²) >= 11 is 0. The van der Waals surface area contributed by atoms with Crippen molar-refractivity contribution in [3.8, 4) is 5.75 Å². The lowest BCUT2D eigenvalue weighted by atomic mass is 9.78. The van der Waals surface area contributed by atoms with Crippen LogP contribution in [0.5, 0.6) is 5.75 Å². The van der Waals surface area contributed by atoms with Gasteiger partial charge in [0.25, 0.3) is 0 Å². The molecule has 0 aromatic heterocycles. The van der Waals surface area contributed by atoms with Crippen LogP contribution in [0.3, 0.4) is 0 Å². The highest BCUT2D eigenvalue weighted by atomic mass is 16.5. The van der Waals surface area contributed by atoms with Crippen molar-refractivity contribution in [1.29, 1.82) is 0 Å². The molecule has 0 fully saturated rings. The van der Waals surface area contributed by atoms with Gasteiger partial charge in [0.2, 0.25) is 0 Å². The van der Waals surface area contributed by atoms with Crippen molar-refractivity contribution >= 4 is 0 Å². The Hall–Kier alpha value is -1.80. The third-order valence-corrected chi connectivity index (χ3v) is 4.02. The number of ether oxygens (including phenoxy) is 1. The Morgan fingerprint density at radius 2 is 1.79 bits per heavy atom. The summed E-state index contributed by atoms with van der Waals surface area (Å²) in [6.07, 6.45) is 1.62. The van der Waals surface area contributed by atoms with Crippen LogP contribution < -0.4 is 4.74 Å². The minimum absolute atomic E-state index is 0.181. The summed E-state index contributed by atoms with van der Waals surface area (Å²) in [6.45, 7) is 0. The van der Waals surface area contributed by atoms with Crippen molar-refractivity contribution in [3.05, 3.63) is 65.2 Å². The van der Waals surface area contributed by atoms with Gasteiger partial charge < -0.3 is 9.84 Å². The van der Waals surface area contributed by atoms with Gasteiger partial charge in [-0.05, 0) is 41.7 Å². The molecule has 0 radical (unpaired) electrons. The van der Waals surface area contributed by atoms with E-state index >= 15 is 0 Å². The zero-order chi connectivity index (χ0) is 13.2. The predicted octanol–water partition coefficient (Wildman–Crippen LogP) is 3.46. The Morgan fingerprint density at radius 3 is 2.53 bits per heavy atom. The normalized spacial score (nSPS) is 21.8. The summed E-state index contributed by atoms with van der Waals surface area (Å²) < 4.78 is 5.18. The van der Waals surface area contributed by atoms with Crippen LogP contribution in [-0.2, 0) is 6.42 Å². The molecule has 19 heavy (non-hydrogen) atoms. The molecule has 2 aromatic rings. The number of rotatable bonds is 2. The lowest BCUT2D eigenvalue weighted by Gasteiger charge is -2.30. The Balaban J connectivity index is 1.90. The van der Waals surface area contributed by atoms with Gasteiger partial charge in [-0.2, -0.15) is 0 Å². The number of aryl methyl sites for hydroxylation is 1. The summed E-state index contributed by atoms with van der Waals surface area (Å²) in [5.74, 6) is 1.04. The van der Waals surface area contributed by atoms with Gasteiger partial charge in [-0.25, -0.2) is 0 Å². The highest BCUT2D eigenvalue weighted by molar-refractivity contribution is 5.37. The highest BCUT2D eigenvalue weighted by Gasteiger charge is 2.28. The molecule has 98 valence electrons. The first-order valence-electron chi connectivity index (χ1n) is 6.69. The predicted molar refractivity (Wildman–Crippen MR) is 75.5 cm³/mol. The van der Waals surface area contributed by atoms with Crippen LogP contribution >= 0.6 is 0 Å². The van der Waals surface area contributed by atoms with Gasteiger partial charge in [-0.3, -0.25) is 0 Å². The zero-order valence-electron chi connectivity index (χ0n) is 11.0. The SMILES string of the molecule is COc1ccc([C@@H]2CCc3ccccc3[C@H]2O)cc1. The third-order valence-electron chi connectivity index (χ3n) is 4.02. The topological polar surface area (TPSA) is 29.5 Å². The van der Waals surface area contributed by atoms with E-state index in [0.29, 0.717) is 0 Å². The minimum Gasteiger partial charge on any atom is -0.497 e. The number of fused-ring (bicyclic) bond motifs is 1. The van der Waals surface area contributed by atoms with Crippen molar-refractivity contribution in [3.63, 3.8) is 0 Å². The third kappa shape index (κ3) is 2.24. The quantitative estimate of drug-likeness (QED) is 0.889. The average Bonchev–Trinajstić information content (AvgIpc) is 2.48. The standard InChI is InChI=1S/C17H18O2/c1-19-14-9-6-13(7-10-14)16-11-8-12-4-2-3-5-15(12)17(16)18/h2-7,9-10,16-18H,8,11H2,1H3/t16-,17+/m0/s1. The van der Waals surface area contributed by atoms with Gasteiger partial charge in [-0.15, -0.1) is 0 Å². The van der Waals surface area contributed by atoms with E-state index in [0.717, 1.165) is 24.2 Å². The second-order valence-corrected chi connectivity index (χ2v) is 5.06. The fourth-order valence-electron chi connectivity index (χ4n) is 2.94. The van der Waals surface area contributed by atoms with Gasteiger partial charge >= 0.3 is 0 Å². The number of hydrogen-bond acceptors (Lipinski definition) is 2. The van der Waals surface area contributed by atoms with E-state index in [9.17, 15) is 5.11 Å². The van der Waals surface area contributed by atoms with Gasteiger partial charge in [0.15, 0.2) is 0 Å². The highest BCUT2D eigenvalue weighted by Crippen LogP contribution is 2.40. The summed E-state index contributed by atoms with van der Waals surface area (Å²) in [4.78, 5) is 0. The van der Waals surface area contributed by atoms with Gasteiger partial charge in [0, 0.05) is 5.92 Å². The fourth-order valence-corrected chi connectivity index (χ4v) is 2.94. The lowest BCUT2D eigenvalue weighted by Crippen LogP contribution is -2.18. The van der Waals surface area contributed by atoms with Crippen LogP contribution in [0.4, 0.5) is 0 Å². The van der Waals surface area contributed by atoms with Gasteiger partial charge in [-0.1, -0.05) is 36.4 Å². The van der Waals surface area contributed by atoms with E-state index in [4.69, 9.17) is 4.74 Å². The van der Waals surface area contributed by atoms with Crippen molar-refractivity contribution in [2.75, 3.05) is 7.11 Å². The Labute approximate surface area is 113 Å². The zero-order valence-corrected chi connectivity index (χ0v) is 11.0. The van der Waals surface area contributed by atoms with Crippen molar-refractivity contribution in [2.45, 2.75) is 24.9 Å². The van der Waals surface area contributed by atoms with Gasteiger partial charge in [0.1, 0.15) is 5.75 Å². The molecule has 1 aliphatic rings. The van der Waals surface area contributed by atoms with E-state index in [2.05, 4.69) is 18.2 Å². The molecule has 2 nitrogen and oxygen atoms in total.